The summed E-state index contributed by atoms with van der Waals surface area (Å²) in [6.45, 7) is 7.02. The molecule has 0 aliphatic carbocycles. The Balaban J connectivity index is 1.68. The van der Waals surface area contributed by atoms with Gasteiger partial charge >= 0.3 is 0 Å². The summed E-state index contributed by atoms with van der Waals surface area (Å²) in [6, 6.07) is 18.1. The van der Waals surface area contributed by atoms with Gasteiger partial charge in [-0.3, -0.25) is 9.78 Å². The Morgan fingerprint density at radius 3 is 2.59 bits per heavy atom. The molecule has 0 spiro atoms. The Morgan fingerprint density at radius 2 is 1.84 bits per heavy atom. The van der Waals surface area contributed by atoms with Crippen LogP contribution in [0.1, 0.15) is 27.8 Å². The number of anilines is 1. The van der Waals surface area contributed by atoms with Gasteiger partial charge in [0.05, 0.1) is 12.1 Å². The van der Waals surface area contributed by atoms with Gasteiger partial charge in [0.1, 0.15) is 0 Å². The minimum Gasteiger partial charge on any atom is -0.340 e. The number of nitrogens with zero attached hydrogens (tertiary/aromatic N) is 2. The second kappa shape index (κ2) is 9.32. The summed E-state index contributed by atoms with van der Waals surface area (Å²) in [5.41, 5.74) is 6.73. The summed E-state index contributed by atoms with van der Waals surface area (Å²) in [5.74, 6) is 0. The van der Waals surface area contributed by atoms with Gasteiger partial charge in [0, 0.05) is 35.6 Å². The first-order valence-electron chi connectivity index (χ1n) is 10.5. The number of H-pyrrole nitrogens is 1. The van der Waals surface area contributed by atoms with Crippen LogP contribution in [0.15, 0.2) is 71.8 Å². The molecule has 0 unspecified atom stereocenters. The van der Waals surface area contributed by atoms with E-state index in [1.807, 2.05) is 73.5 Å². The molecule has 0 amide bonds. The average Bonchev–Trinajstić information content (AvgIpc) is 2.77. The van der Waals surface area contributed by atoms with E-state index >= 15 is 0 Å². The molecule has 4 aromatic rings. The molecule has 0 saturated carbocycles. The summed E-state index contributed by atoms with van der Waals surface area (Å²) in [6.07, 6.45) is 3.57. The van der Waals surface area contributed by atoms with Gasteiger partial charge in [-0.25, -0.2) is 0 Å². The fraction of sp³-hybridized carbons (Fsp3) is 0.192. The van der Waals surface area contributed by atoms with Crippen molar-refractivity contribution >= 4 is 33.9 Å². The number of fused-ring (bicyclic) bond motifs is 1. The van der Waals surface area contributed by atoms with Crippen molar-refractivity contribution in [1.29, 1.82) is 0 Å². The topological polar surface area (TPSA) is 61.0 Å². The van der Waals surface area contributed by atoms with E-state index in [2.05, 4.69) is 28.3 Å². The van der Waals surface area contributed by atoms with Gasteiger partial charge in [-0.05, 0) is 79.5 Å². The van der Waals surface area contributed by atoms with Crippen LogP contribution in [0.2, 0.25) is 0 Å². The van der Waals surface area contributed by atoms with Crippen molar-refractivity contribution in [2.45, 2.75) is 33.9 Å². The van der Waals surface area contributed by atoms with E-state index in [4.69, 9.17) is 12.2 Å². The Hall–Kier alpha value is -3.51. The van der Waals surface area contributed by atoms with E-state index in [1.54, 1.807) is 6.20 Å². The van der Waals surface area contributed by atoms with E-state index in [0.29, 0.717) is 23.8 Å². The monoisotopic (exact) mass is 442 g/mol. The highest BCUT2D eigenvalue weighted by Gasteiger charge is 2.15. The molecule has 0 aliphatic rings. The summed E-state index contributed by atoms with van der Waals surface area (Å²) < 4.78 is 0. The first kappa shape index (κ1) is 21.7. The number of benzene rings is 2. The minimum atomic E-state index is -0.0965. The number of hydrogen-bond donors (Lipinski definition) is 2. The Bertz CT molecular complexity index is 1330. The number of nitrogens with one attached hydrogen (secondary N) is 2. The first-order valence-corrected chi connectivity index (χ1v) is 10.9. The number of aromatic nitrogens is 2. The van der Waals surface area contributed by atoms with Gasteiger partial charge in [0.25, 0.3) is 5.56 Å². The smallest absolute Gasteiger partial charge is 0.253 e. The van der Waals surface area contributed by atoms with E-state index in [0.717, 1.165) is 38.8 Å². The zero-order valence-electron chi connectivity index (χ0n) is 18.5. The van der Waals surface area contributed by atoms with Crippen molar-refractivity contribution in [1.82, 2.24) is 14.9 Å². The molecule has 0 radical (unpaired) electrons. The Kier molecular flexibility index (Phi) is 6.32. The lowest BCUT2D eigenvalue weighted by Crippen LogP contribution is -2.35. The maximum Gasteiger partial charge on any atom is 0.253 e. The second-order valence-electron chi connectivity index (χ2n) is 8.13. The SMILES string of the molecule is Cc1cccc(NC(=S)N(Cc2cccnc2)Cc2cc3c(C)ccc(C)c3[nH]c2=O)c1. The standard InChI is InChI=1S/C26H26N4OS/c1-17-6-4-8-22(12-17)28-26(32)30(15-20-7-5-11-27-14-20)16-21-13-23-18(2)9-10-19(3)24(23)29-25(21)31/h4-14H,15-16H2,1-3H3,(H,28,32)(H,29,31). The third-order valence-electron chi connectivity index (χ3n) is 5.53. The van der Waals surface area contributed by atoms with Crippen molar-refractivity contribution in [3.8, 4) is 0 Å². The van der Waals surface area contributed by atoms with Crippen molar-refractivity contribution < 1.29 is 0 Å². The number of pyridine rings is 2. The lowest BCUT2D eigenvalue weighted by molar-refractivity contribution is 0.410. The molecule has 2 aromatic carbocycles. The van der Waals surface area contributed by atoms with E-state index in [-0.39, 0.29) is 5.56 Å². The molecule has 0 fully saturated rings. The van der Waals surface area contributed by atoms with Crippen molar-refractivity contribution in [2.24, 2.45) is 0 Å². The van der Waals surface area contributed by atoms with Crippen LogP contribution in [-0.4, -0.2) is 20.0 Å². The summed E-state index contributed by atoms with van der Waals surface area (Å²) in [5, 5.41) is 4.93. The maximum atomic E-state index is 13.0. The molecule has 0 atom stereocenters. The number of aryl methyl sites for hydroxylation is 3. The molecule has 0 aliphatic heterocycles. The zero-order valence-corrected chi connectivity index (χ0v) is 19.3. The summed E-state index contributed by atoms with van der Waals surface area (Å²) in [7, 11) is 0. The van der Waals surface area contributed by atoms with Gasteiger partial charge in [-0.15, -0.1) is 0 Å². The fourth-order valence-corrected chi connectivity index (χ4v) is 4.03. The first-order chi connectivity index (χ1) is 15.4. The molecule has 0 bridgehead atoms. The molecule has 2 aromatic heterocycles. The van der Waals surface area contributed by atoms with Crippen LogP contribution in [0, 0.1) is 20.8 Å². The van der Waals surface area contributed by atoms with E-state index < -0.39 is 0 Å². The summed E-state index contributed by atoms with van der Waals surface area (Å²) >= 11 is 5.77. The molecule has 2 N–H and O–H groups in total. The molecular weight excluding hydrogens is 416 g/mol. The predicted octanol–water partition coefficient (Wildman–Crippen LogP) is 5.25. The molecule has 2 heterocycles. The van der Waals surface area contributed by atoms with E-state index in [9.17, 15) is 4.79 Å². The molecule has 6 heteroatoms. The zero-order chi connectivity index (χ0) is 22.7. The number of thiocarbonyl (C=S) groups is 1. The van der Waals surface area contributed by atoms with Gasteiger partial charge < -0.3 is 15.2 Å². The van der Waals surface area contributed by atoms with Crippen molar-refractivity contribution in [2.75, 3.05) is 5.32 Å². The van der Waals surface area contributed by atoms with Crippen LogP contribution in [0.3, 0.4) is 0 Å². The van der Waals surface area contributed by atoms with Crippen LogP contribution >= 0.6 is 12.2 Å². The molecule has 5 nitrogen and oxygen atoms in total. The van der Waals surface area contributed by atoms with Crippen LogP contribution in [0.25, 0.3) is 10.9 Å². The number of hydrogen-bond acceptors (Lipinski definition) is 3. The predicted molar refractivity (Wildman–Crippen MR) is 135 cm³/mol. The van der Waals surface area contributed by atoms with Gasteiger partial charge in [0.15, 0.2) is 5.11 Å². The Morgan fingerprint density at radius 1 is 1.03 bits per heavy atom. The minimum absolute atomic E-state index is 0.0965. The molecule has 162 valence electrons. The lowest BCUT2D eigenvalue weighted by atomic mass is 10.0. The normalized spacial score (nSPS) is 10.8. The quantitative estimate of drug-likeness (QED) is 0.414. The summed E-state index contributed by atoms with van der Waals surface area (Å²) in [4.78, 5) is 22.2. The van der Waals surface area contributed by atoms with Gasteiger partial charge in [-0.1, -0.05) is 30.3 Å². The van der Waals surface area contributed by atoms with Crippen molar-refractivity contribution in [3.05, 3.63) is 105 Å². The van der Waals surface area contributed by atoms with Gasteiger partial charge in [-0.2, -0.15) is 0 Å². The lowest BCUT2D eigenvalue weighted by Gasteiger charge is -2.26. The largest absolute Gasteiger partial charge is 0.340 e. The molecular formula is C26H26N4OS. The number of aromatic amines is 1. The van der Waals surface area contributed by atoms with Crippen molar-refractivity contribution in [3.63, 3.8) is 0 Å². The second-order valence-corrected chi connectivity index (χ2v) is 8.52. The number of rotatable bonds is 5. The van der Waals surface area contributed by atoms with Gasteiger partial charge in [0.2, 0.25) is 0 Å². The van der Waals surface area contributed by atoms with E-state index in [1.165, 1.54) is 0 Å². The average molecular weight is 443 g/mol. The fourth-order valence-electron chi connectivity index (χ4n) is 3.78. The highest BCUT2D eigenvalue weighted by Crippen LogP contribution is 2.21. The highest BCUT2D eigenvalue weighted by molar-refractivity contribution is 7.80. The van der Waals surface area contributed by atoms with Crippen LogP contribution in [0.5, 0.6) is 0 Å². The molecule has 4 rings (SSSR count). The Labute approximate surface area is 193 Å². The highest BCUT2D eigenvalue weighted by atomic mass is 32.1. The molecule has 32 heavy (non-hydrogen) atoms. The van der Waals surface area contributed by atoms with Crippen LogP contribution in [0.4, 0.5) is 5.69 Å². The van der Waals surface area contributed by atoms with Crippen LogP contribution < -0.4 is 10.9 Å². The van der Waals surface area contributed by atoms with Crippen LogP contribution in [-0.2, 0) is 13.1 Å². The third kappa shape index (κ3) is 4.86. The third-order valence-corrected chi connectivity index (χ3v) is 5.89. The maximum absolute atomic E-state index is 13.0. The molecule has 0 saturated heterocycles.